The van der Waals surface area contributed by atoms with E-state index in [2.05, 4.69) is 15.8 Å². The van der Waals surface area contributed by atoms with Crippen molar-refractivity contribution in [1.29, 1.82) is 0 Å². The maximum atomic E-state index is 12.1. The Morgan fingerprint density at radius 1 is 1.17 bits per heavy atom. The molecule has 1 heterocycles. The molecule has 0 fully saturated rings. The SMILES string of the molecule is COc1ccc(-c2cnoc2NC(=O)Nc2cccc(Cl)c2)cc1. The zero-order valence-electron chi connectivity index (χ0n) is 12.7. The fraction of sp³-hybridized carbons (Fsp3) is 0.0588. The van der Waals surface area contributed by atoms with Crippen molar-refractivity contribution in [3.8, 4) is 16.9 Å². The van der Waals surface area contributed by atoms with Gasteiger partial charge in [-0.25, -0.2) is 4.79 Å². The van der Waals surface area contributed by atoms with E-state index < -0.39 is 6.03 Å². The van der Waals surface area contributed by atoms with E-state index in [-0.39, 0.29) is 5.88 Å². The molecule has 0 saturated heterocycles. The van der Waals surface area contributed by atoms with Crippen LogP contribution in [-0.4, -0.2) is 18.3 Å². The highest BCUT2D eigenvalue weighted by Crippen LogP contribution is 2.29. The molecule has 0 aliphatic carbocycles. The second-order valence-electron chi connectivity index (χ2n) is 4.89. The molecule has 6 nitrogen and oxygen atoms in total. The second-order valence-corrected chi connectivity index (χ2v) is 5.32. The molecule has 0 aliphatic heterocycles. The zero-order chi connectivity index (χ0) is 16.9. The van der Waals surface area contributed by atoms with Gasteiger partial charge in [0.25, 0.3) is 0 Å². The number of ether oxygens (including phenoxy) is 1. The molecule has 0 aliphatic rings. The van der Waals surface area contributed by atoms with Gasteiger partial charge in [-0.3, -0.25) is 5.32 Å². The van der Waals surface area contributed by atoms with Gasteiger partial charge in [0.2, 0.25) is 5.88 Å². The fourth-order valence-electron chi connectivity index (χ4n) is 2.14. The molecule has 0 saturated carbocycles. The number of rotatable bonds is 4. The minimum absolute atomic E-state index is 0.250. The first-order chi connectivity index (χ1) is 11.7. The predicted octanol–water partition coefficient (Wildman–Crippen LogP) is 4.65. The molecule has 3 aromatic rings. The van der Waals surface area contributed by atoms with Crippen LogP contribution in [0, 0.1) is 0 Å². The summed E-state index contributed by atoms with van der Waals surface area (Å²) in [6, 6.07) is 13.7. The average Bonchev–Trinajstić information content (AvgIpc) is 3.03. The number of nitrogens with one attached hydrogen (secondary N) is 2. The lowest BCUT2D eigenvalue weighted by atomic mass is 10.1. The number of carbonyl (C=O) groups is 1. The van der Waals surface area contributed by atoms with Crippen LogP contribution in [-0.2, 0) is 0 Å². The van der Waals surface area contributed by atoms with Crippen molar-refractivity contribution in [2.45, 2.75) is 0 Å². The van der Waals surface area contributed by atoms with Gasteiger partial charge in [0.05, 0.1) is 18.9 Å². The molecule has 0 unspecified atom stereocenters. The third-order valence-electron chi connectivity index (χ3n) is 3.28. The highest BCUT2D eigenvalue weighted by molar-refractivity contribution is 6.30. The van der Waals surface area contributed by atoms with E-state index in [1.165, 1.54) is 6.20 Å². The molecular weight excluding hydrogens is 330 g/mol. The van der Waals surface area contributed by atoms with Crippen molar-refractivity contribution in [3.63, 3.8) is 0 Å². The first kappa shape index (κ1) is 15.9. The molecule has 0 atom stereocenters. The van der Waals surface area contributed by atoms with E-state index in [1.807, 2.05) is 24.3 Å². The molecule has 122 valence electrons. The summed E-state index contributed by atoms with van der Waals surface area (Å²) in [6.45, 7) is 0. The molecule has 0 spiro atoms. The van der Waals surface area contributed by atoms with Crippen molar-refractivity contribution in [2.24, 2.45) is 0 Å². The predicted molar refractivity (Wildman–Crippen MR) is 92.6 cm³/mol. The van der Waals surface area contributed by atoms with Crippen molar-refractivity contribution in [1.82, 2.24) is 5.16 Å². The Morgan fingerprint density at radius 3 is 2.67 bits per heavy atom. The normalized spacial score (nSPS) is 10.2. The van der Waals surface area contributed by atoms with Gasteiger partial charge in [0, 0.05) is 10.7 Å². The summed E-state index contributed by atoms with van der Waals surface area (Å²) in [5.41, 5.74) is 2.08. The molecular formula is C17H14ClN3O3. The first-order valence-electron chi connectivity index (χ1n) is 7.08. The highest BCUT2D eigenvalue weighted by Gasteiger charge is 2.14. The van der Waals surface area contributed by atoms with Crippen LogP contribution in [0.3, 0.4) is 0 Å². The third kappa shape index (κ3) is 3.67. The number of amides is 2. The van der Waals surface area contributed by atoms with Gasteiger partial charge < -0.3 is 14.6 Å². The smallest absolute Gasteiger partial charge is 0.326 e. The van der Waals surface area contributed by atoms with E-state index >= 15 is 0 Å². The molecule has 0 radical (unpaired) electrons. The molecule has 24 heavy (non-hydrogen) atoms. The summed E-state index contributed by atoms with van der Waals surface area (Å²) in [4.78, 5) is 12.1. The molecule has 7 heteroatoms. The molecule has 3 rings (SSSR count). The van der Waals surface area contributed by atoms with Crippen molar-refractivity contribution in [3.05, 3.63) is 59.8 Å². The van der Waals surface area contributed by atoms with Crippen molar-refractivity contribution < 1.29 is 14.1 Å². The summed E-state index contributed by atoms with van der Waals surface area (Å²) in [5.74, 6) is 0.989. The van der Waals surface area contributed by atoms with Crippen LogP contribution >= 0.6 is 11.6 Å². The van der Waals surface area contributed by atoms with Gasteiger partial charge in [-0.15, -0.1) is 0 Å². The minimum atomic E-state index is -0.455. The van der Waals surface area contributed by atoms with Crippen molar-refractivity contribution >= 4 is 29.2 Å². The van der Waals surface area contributed by atoms with E-state index in [0.29, 0.717) is 16.3 Å². The Morgan fingerprint density at radius 2 is 1.96 bits per heavy atom. The number of urea groups is 1. The minimum Gasteiger partial charge on any atom is -0.497 e. The van der Waals surface area contributed by atoms with Crippen LogP contribution in [0.25, 0.3) is 11.1 Å². The van der Waals surface area contributed by atoms with E-state index in [0.717, 1.165) is 11.3 Å². The van der Waals surface area contributed by atoms with Crippen LogP contribution in [0.2, 0.25) is 5.02 Å². The summed E-state index contributed by atoms with van der Waals surface area (Å²) in [7, 11) is 1.60. The van der Waals surface area contributed by atoms with Gasteiger partial charge in [0.15, 0.2) is 0 Å². The van der Waals surface area contributed by atoms with E-state index in [9.17, 15) is 4.79 Å². The lowest BCUT2D eigenvalue weighted by Gasteiger charge is -2.07. The molecule has 2 amide bonds. The van der Waals surface area contributed by atoms with Crippen LogP contribution in [0.15, 0.2) is 59.3 Å². The topological polar surface area (TPSA) is 76.4 Å². The van der Waals surface area contributed by atoms with Gasteiger partial charge in [-0.1, -0.05) is 35.0 Å². The number of nitrogens with zero attached hydrogens (tertiary/aromatic N) is 1. The largest absolute Gasteiger partial charge is 0.497 e. The van der Waals surface area contributed by atoms with E-state index in [1.54, 1.807) is 31.4 Å². The number of hydrogen-bond acceptors (Lipinski definition) is 4. The number of benzene rings is 2. The summed E-state index contributed by atoms with van der Waals surface area (Å²) >= 11 is 5.89. The van der Waals surface area contributed by atoms with Crippen LogP contribution in [0.4, 0.5) is 16.4 Å². The molecule has 2 aromatic carbocycles. The Hall–Kier alpha value is -2.99. The average molecular weight is 344 g/mol. The maximum absolute atomic E-state index is 12.1. The van der Waals surface area contributed by atoms with Gasteiger partial charge in [-0.2, -0.15) is 0 Å². The molecule has 1 aromatic heterocycles. The number of aromatic nitrogens is 1. The summed E-state index contributed by atoms with van der Waals surface area (Å²) < 4.78 is 10.3. The molecule has 0 bridgehead atoms. The van der Waals surface area contributed by atoms with Gasteiger partial charge in [-0.05, 0) is 35.9 Å². The highest BCUT2D eigenvalue weighted by atomic mass is 35.5. The third-order valence-corrected chi connectivity index (χ3v) is 3.52. The van der Waals surface area contributed by atoms with Crippen molar-refractivity contribution in [2.75, 3.05) is 17.7 Å². The monoisotopic (exact) mass is 343 g/mol. The van der Waals surface area contributed by atoms with Crippen LogP contribution < -0.4 is 15.4 Å². The van der Waals surface area contributed by atoms with Gasteiger partial charge in [0.1, 0.15) is 5.75 Å². The first-order valence-corrected chi connectivity index (χ1v) is 7.46. The quantitative estimate of drug-likeness (QED) is 0.723. The Labute approximate surface area is 143 Å². The van der Waals surface area contributed by atoms with Crippen LogP contribution in [0.1, 0.15) is 0 Å². The number of halogens is 1. The van der Waals surface area contributed by atoms with Gasteiger partial charge >= 0.3 is 6.03 Å². The summed E-state index contributed by atoms with van der Waals surface area (Å²) in [6.07, 6.45) is 1.54. The number of anilines is 2. The molecule has 2 N–H and O–H groups in total. The standard InChI is InChI=1S/C17H14ClN3O3/c1-23-14-7-5-11(6-8-14)15-10-19-24-16(15)21-17(22)20-13-4-2-3-12(18)9-13/h2-10H,1H3,(H2,20,21,22). The second kappa shape index (κ2) is 7.06. The Bertz CT molecular complexity index is 846. The lowest BCUT2D eigenvalue weighted by Crippen LogP contribution is -2.19. The number of carbonyl (C=O) groups excluding carboxylic acids is 1. The number of methoxy groups -OCH3 is 1. The Kier molecular flexibility index (Phi) is 4.67. The zero-order valence-corrected chi connectivity index (χ0v) is 13.5. The Balaban J connectivity index is 1.74. The fourth-order valence-corrected chi connectivity index (χ4v) is 2.33. The maximum Gasteiger partial charge on any atom is 0.326 e. The number of hydrogen-bond donors (Lipinski definition) is 2. The lowest BCUT2D eigenvalue weighted by molar-refractivity contribution is 0.261. The summed E-state index contributed by atoms with van der Waals surface area (Å²) in [5, 5.41) is 9.59. The van der Waals surface area contributed by atoms with Crippen LogP contribution in [0.5, 0.6) is 5.75 Å². The van der Waals surface area contributed by atoms with E-state index in [4.69, 9.17) is 20.9 Å².